The molecule has 4 heteroatoms. The van der Waals surface area contributed by atoms with Crippen LogP contribution in [0.25, 0.3) is 11.1 Å². The van der Waals surface area contributed by atoms with Crippen LogP contribution >= 0.6 is 0 Å². The van der Waals surface area contributed by atoms with Crippen molar-refractivity contribution in [2.45, 2.75) is 13.8 Å². The number of aromatic nitrogens is 1. The number of hydrogen-bond acceptors (Lipinski definition) is 4. The Balaban J connectivity index is 2.43. The minimum Gasteiger partial charge on any atom is -0.490 e. The summed E-state index contributed by atoms with van der Waals surface area (Å²) in [6.45, 7) is 5.10. The number of anilines is 1. The average Bonchev–Trinajstić information content (AvgIpc) is 2.42. The van der Waals surface area contributed by atoms with Crippen molar-refractivity contribution in [3.63, 3.8) is 0 Å². The lowest BCUT2D eigenvalue weighted by atomic mass is 10.1. The zero-order chi connectivity index (χ0) is 13.7. The molecule has 0 aliphatic rings. The summed E-state index contributed by atoms with van der Waals surface area (Å²) in [5, 5.41) is 0. The van der Waals surface area contributed by atoms with E-state index in [4.69, 9.17) is 15.2 Å². The van der Waals surface area contributed by atoms with E-state index in [9.17, 15) is 0 Å². The molecule has 0 fully saturated rings. The first-order valence-electron chi connectivity index (χ1n) is 6.35. The van der Waals surface area contributed by atoms with Crippen LogP contribution in [0.15, 0.2) is 36.7 Å². The van der Waals surface area contributed by atoms with E-state index in [-0.39, 0.29) is 0 Å². The van der Waals surface area contributed by atoms with Gasteiger partial charge in [-0.3, -0.25) is 4.98 Å². The number of benzene rings is 1. The second-order valence-corrected chi connectivity index (χ2v) is 3.99. The lowest BCUT2D eigenvalue weighted by Gasteiger charge is -2.13. The van der Waals surface area contributed by atoms with Crippen molar-refractivity contribution < 1.29 is 9.47 Å². The predicted molar refractivity (Wildman–Crippen MR) is 76.4 cm³/mol. The summed E-state index contributed by atoms with van der Waals surface area (Å²) in [7, 11) is 0. The first-order valence-corrected chi connectivity index (χ1v) is 6.35. The van der Waals surface area contributed by atoms with Gasteiger partial charge in [-0.05, 0) is 37.6 Å². The molecule has 0 aliphatic heterocycles. The highest BCUT2D eigenvalue weighted by Crippen LogP contribution is 2.34. The van der Waals surface area contributed by atoms with E-state index in [1.807, 2.05) is 38.1 Å². The maximum absolute atomic E-state index is 5.94. The van der Waals surface area contributed by atoms with Crippen LogP contribution < -0.4 is 15.2 Å². The molecule has 0 spiro atoms. The van der Waals surface area contributed by atoms with E-state index in [1.54, 1.807) is 12.4 Å². The van der Waals surface area contributed by atoms with Gasteiger partial charge in [0.25, 0.3) is 0 Å². The molecule has 0 unspecified atom stereocenters. The first kappa shape index (κ1) is 13.2. The van der Waals surface area contributed by atoms with E-state index < -0.39 is 0 Å². The summed E-state index contributed by atoms with van der Waals surface area (Å²) in [5.74, 6) is 1.48. The molecular formula is C15H18N2O2. The summed E-state index contributed by atoms with van der Waals surface area (Å²) in [6.07, 6.45) is 3.37. The maximum atomic E-state index is 5.94. The minimum atomic E-state index is 0.593. The molecular weight excluding hydrogens is 240 g/mol. The van der Waals surface area contributed by atoms with Gasteiger partial charge >= 0.3 is 0 Å². The molecule has 2 rings (SSSR count). The molecule has 2 N–H and O–H groups in total. The minimum absolute atomic E-state index is 0.593. The molecule has 0 saturated carbocycles. The van der Waals surface area contributed by atoms with Gasteiger partial charge in [0.15, 0.2) is 11.5 Å². The van der Waals surface area contributed by atoms with Crippen LogP contribution in [0.3, 0.4) is 0 Å². The monoisotopic (exact) mass is 258 g/mol. The highest BCUT2D eigenvalue weighted by molar-refractivity contribution is 5.77. The van der Waals surface area contributed by atoms with Gasteiger partial charge in [0.05, 0.1) is 25.1 Å². The predicted octanol–water partition coefficient (Wildman–Crippen LogP) is 3.13. The molecule has 4 nitrogen and oxygen atoms in total. The second-order valence-electron chi connectivity index (χ2n) is 3.99. The van der Waals surface area contributed by atoms with Crippen LogP contribution in [0.2, 0.25) is 0 Å². The fourth-order valence-corrected chi connectivity index (χ4v) is 1.89. The van der Waals surface area contributed by atoms with Crippen molar-refractivity contribution in [1.29, 1.82) is 0 Å². The average molecular weight is 258 g/mol. The zero-order valence-electron chi connectivity index (χ0n) is 11.2. The number of pyridine rings is 1. The molecule has 0 amide bonds. The van der Waals surface area contributed by atoms with Gasteiger partial charge in [-0.1, -0.05) is 6.07 Å². The molecule has 2 aromatic rings. The summed E-state index contributed by atoms with van der Waals surface area (Å²) in [6, 6.07) is 7.71. The van der Waals surface area contributed by atoms with Gasteiger partial charge in [0.2, 0.25) is 0 Å². The Morgan fingerprint density at radius 3 is 2.47 bits per heavy atom. The van der Waals surface area contributed by atoms with Gasteiger partial charge < -0.3 is 15.2 Å². The number of rotatable bonds is 5. The fourth-order valence-electron chi connectivity index (χ4n) is 1.89. The largest absolute Gasteiger partial charge is 0.490 e. The Bertz CT molecular complexity index is 556. The van der Waals surface area contributed by atoms with E-state index in [0.29, 0.717) is 18.9 Å². The van der Waals surface area contributed by atoms with Gasteiger partial charge in [0.1, 0.15) is 0 Å². The summed E-state index contributed by atoms with van der Waals surface area (Å²) >= 11 is 0. The number of nitrogens with zero attached hydrogens (tertiary/aromatic N) is 1. The fraction of sp³-hybridized carbons (Fsp3) is 0.267. The molecule has 0 saturated heterocycles. The summed E-state index contributed by atoms with van der Waals surface area (Å²) in [4.78, 5) is 4.00. The Morgan fingerprint density at radius 1 is 1.05 bits per heavy atom. The van der Waals surface area contributed by atoms with E-state index >= 15 is 0 Å². The number of nitrogens with two attached hydrogens (primary N) is 1. The van der Waals surface area contributed by atoms with Crippen LogP contribution in [0, 0.1) is 0 Å². The molecule has 1 aromatic heterocycles. The van der Waals surface area contributed by atoms with Gasteiger partial charge in [-0.2, -0.15) is 0 Å². The van der Waals surface area contributed by atoms with Crippen molar-refractivity contribution in [1.82, 2.24) is 4.98 Å². The highest BCUT2D eigenvalue weighted by atomic mass is 16.5. The SMILES string of the molecule is CCOc1ccc(-c2ccncc2N)cc1OCC. The smallest absolute Gasteiger partial charge is 0.161 e. The third-order valence-corrected chi connectivity index (χ3v) is 2.71. The topological polar surface area (TPSA) is 57.4 Å². The number of nitrogen functional groups attached to an aromatic ring is 1. The van der Waals surface area contributed by atoms with Crippen molar-refractivity contribution in [2.24, 2.45) is 0 Å². The molecule has 100 valence electrons. The Kier molecular flexibility index (Phi) is 4.23. The second kappa shape index (κ2) is 6.09. The van der Waals surface area contributed by atoms with Gasteiger partial charge in [-0.25, -0.2) is 0 Å². The standard InChI is InChI=1S/C15H18N2O2/c1-3-18-14-6-5-11(9-15(14)19-4-2)12-7-8-17-10-13(12)16/h5-10H,3-4,16H2,1-2H3. The third-order valence-electron chi connectivity index (χ3n) is 2.71. The normalized spacial score (nSPS) is 10.2. The third kappa shape index (κ3) is 2.96. The zero-order valence-corrected chi connectivity index (χ0v) is 11.2. The maximum Gasteiger partial charge on any atom is 0.161 e. The molecule has 19 heavy (non-hydrogen) atoms. The lowest BCUT2D eigenvalue weighted by molar-refractivity contribution is 0.288. The molecule has 1 aromatic carbocycles. The molecule has 0 atom stereocenters. The molecule has 0 aliphatic carbocycles. The van der Waals surface area contributed by atoms with Crippen LogP contribution in [0.4, 0.5) is 5.69 Å². The van der Waals surface area contributed by atoms with Crippen molar-refractivity contribution in [2.75, 3.05) is 18.9 Å². The van der Waals surface area contributed by atoms with Crippen LogP contribution in [0.5, 0.6) is 11.5 Å². The van der Waals surface area contributed by atoms with Crippen LogP contribution in [0.1, 0.15) is 13.8 Å². The Morgan fingerprint density at radius 2 is 1.79 bits per heavy atom. The van der Waals surface area contributed by atoms with Crippen molar-refractivity contribution in [3.8, 4) is 22.6 Å². The van der Waals surface area contributed by atoms with E-state index in [0.717, 1.165) is 22.6 Å². The number of ether oxygens (including phenoxy) is 2. The molecule has 0 radical (unpaired) electrons. The lowest BCUT2D eigenvalue weighted by Crippen LogP contribution is -1.99. The summed E-state index contributed by atoms with van der Waals surface area (Å²) in [5.41, 5.74) is 8.52. The van der Waals surface area contributed by atoms with Crippen LogP contribution in [-0.4, -0.2) is 18.2 Å². The van der Waals surface area contributed by atoms with E-state index in [2.05, 4.69) is 4.98 Å². The van der Waals surface area contributed by atoms with Crippen molar-refractivity contribution in [3.05, 3.63) is 36.7 Å². The van der Waals surface area contributed by atoms with E-state index in [1.165, 1.54) is 0 Å². The number of hydrogen-bond donors (Lipinski definition) is 1. The van der Waals surface area contributed by atoms with Gasteiger partial charge in [0, 0.05) is 11.8 Å². The highest BCUT2D eigenvalue weighted by Gasteiger charge is 2.09. The quantitative estimate of drug-likeness (QED) is 0.895. The summed E-state index contributed by atoms with van der Waals surface area (Å²) < 4.78 is 11.2. The Labute approximate surface area is 113 Å². The van der Waals surface area contributed by atoms with Gasteiger partial charge in [-0.15, -0.1) is 0 Å². The van der Waals surface area contributed by atoms with Crippen molar-refractivity contribution >= 4 is 5.69 Å². The van der Waals surface area contributed by atoms with Crippen LogP contribution in [-0.2, 0) is 0 Å². The molecule has 0 bridgehead atoms. The Hall–Kier alpha value is -2.23. The first-order chi connectivity index (χ1) is 9.26. The molecule has 1 heterocycles.